The Kier molecular flexibility index (Phi) is 5.31. The maximum absolute atomic E-state index is 6.13. The van der Waals surface area contributed by atoms with Gasteiger partial charge in [0, 0.05) is 17.1 Å². The van der Waals surface area contributed by atoms with Crippen molar-refractivity contribution >= 4 is 22.5 Å². The zero-order chi connectivity index (χ0) is 22.7. The number of rotatable bonds is 0. The molecule has 4 aromatic rings. The quantitative estimate of drug-likeness (QED) is 0.434. The van der Waals surface area contributed by atoms with Crippen LogP contribution in [-0.4, -0.2) is 18.8 Å². The van der Waals surface area contributed by atoms with Gasteiger partial charge in [0.05, 0.1) is 16.7 Å². The van der Waals surface area contributed by atoms with E-state index in [0.717, 1.165) is 51.2 Å². The van der Waals surface area contributed by atoms with Crippen molar-refractivity contribution < 1.29 is 0 Å². The Balaban J connectivity index is 0.000000171. The molecular weight excluding hydrogens is 372 g/mol. The number of hydrogen-bond acceptors (Lipinski definition) is 4. The van der Waals surface area contributed by atoms with E-state index in [1.54, 1.807) is 0 Å². The van der Waals surface area contributed by atoms with Crippen LogP contribution < -0.4 is 11.5 Å². The molecule has 0 fully saturated rings. The van der Waals surface area contributed by atoms with Crippen LogP contribution in [0, 0.1) is 69.2 Å². The first-order valence-electron chi connectivity index (χ1n) is 10.3. The van der Waals surface area contributed by atoms with E-state index in [0.29, 0.717) is 0 Å². The predicted octanol–water partition coefficient (Wildman–Crippen LogP) is 4.92. The molecule has 0 saturated carbocycles. The van der Waals surface area contributed by atoms with Gasteiger partial charge in [0.1, 0.15) is 17.5 Å². The first kappa shape index (κ1) is 21.7. The van der Waals surface area contributed by atoms with E-state index < -0.39 is 0 Å². The Morgan fingerprint density at radius 2 is 1.00 bits per heavy atom. The second-order valence-corrected chi connectivity index (χ2v) is 8.37. The van der Waals surface area contributed by atoms with E-state index in [1.807, 2.05) is 32.1 Å². The van der Waals surface area contributed by atoms with Crippen LogP contribution in [0.2, 0.25) is 0 Å². The summed E-state index contributed by atoms with van der Waals surface area (Å²) in [6, 6.07) is 0. The van der Waals surface area contributed by atoms with Crippen molar-refractivity contribution in [2.24, 2.45) is 0 Å². The molecule has 0 aliphatic carbocycles. The van der Waals surface area contributed by atoms with Crippen molar-refractivity contribution in [1.29, 1.82) is 0 Å². The number of nitrogens with zero attached hydrogens (tertiary/aromatic N) is 4. The van der Waals surface area contributed by atoms with Gasteiger partial charge in [-0.3, -0.25) is 4.40 Å². The van der Waals surface area contributed by atoms with Gasteiger partial charge >= 0.3 is 0 Å². The summed E-state index contributed by atoms with van der Waals surface area (Å²) in [7, 11) is 0. The predicted molar refractivity (Wildman–Crippen MR) is 127 cm³/mol. The van der Waals surface area contributed by atoms with Crippen molar-refractivity contribution in [1.82, 2.24) is 18.8 Å². The topological polar surface area (TPSA) is 86.6 Å². The Hall–Kier alpha value is -3.02. The van der Waals surface area contributed by atoms with Gasteiger partial charge in [0.25, 0.3) is 0 Å². The number of aryl methyl sites for hydroxylation is 8. The molecule has 6 nitrogen and oxygen atoms in total. The normalized spacial score (nSPS) is 11.3. The summed E-state index contributed by atoms with van der Waals surface area (Å²) in [5.74, 6) is 2.78. The van der Waals surface area contributed by atoms with Crippen molar-refractivity contribution in [3.8, 4) is 0 Å². The average molecular weight is 407 g/mol. The number of hydrogen-bond donors (Lipinski definition) is 2. The minimum atomic E-state index is 0.815. The lowest BCUT2D eigenvalue weighted by Gasteiger charge is -2.08. The van der Waals surface area contributed by atoms with Crippen LogP contribution in [0.25, 0.3) is 11.0 Å². The fourth-order valence-electron chi connectivity index (χ4n) is 4.31. The molecule has 4 N–H and O–H groups in total. The summed E-state index contributed by atoms with van der Waals surface area (Å²) in [6.45, 7) is 20.6. The molecule has 4 rings (SSSR count). The van der Waals surface area contributed by atoms with Crippen LogP contribution >= 0.6 is 0 Å². The Morgan fingerprint density at radius 1 is 0.533 bits per heavy atom. The average Bonchev–Trinajstić information content (AvgIpc) is 3.05. The summed E-state index contributed by atoms with van der Waals surface area (Å²) in [5.41, 5.74) is 24.7. The lowest BCUT2D eigenvalue weighted by Crippen LogP contribution is -2.03. The highest BCUT2D eigenvalue weighted by molar-refractivity contribution is 5.79. The van der Waals surface area contributed by atoms with Crippen LogP contribution in [0.5, 0.6) is 0 Å². The van der Waals surface area contributed by atoms with E-state index in [9.17, 15) is 0 Å². The van der Waals surface area contributed by atoms with Gasteiger partial charge in [0.15, 0.2) is 0 Å². The number of nitrogen functional groups attached to an aromatic ring is 2. The molecule has 0 radical (unpaired) electrons. The van der Waals surface area contributed by atoms with Gasteiger partial charge in [-0.05, 0) is 97.1 Å². The molecule has 0 aromatic carbocycles. The maximum Gasteiger partial charge on any atom is 0.112 e. The van der Waals surface area contributed by atoms with Gasteiger partial charge in [-0.2, -0.15) is 0 Å². The van der Waals surface area contributed by atoms with Crippen molar-refractivity contribution in [3.05, 3.63) is 56.5 Å². The lowest BCUT2D eigenvalue weighted by atomic mass is 10.1. The molecule has 0 aliphatic heterocycles. The second-order valence-electron chi connectivity index (χ2n) is 8.37. The Bertz CT molecular complexity index is 1200. The maximum atomic E-state index is 6.13. The first-order valence-corrected chi connectivity index (χ1v) is 10.3. The molecule has 4 heterocycles. The highest BCUT2D eigenvalue weighted by Gasteiger charge is 2.16. The molecule has 0 amide bonds. The second kappa shape index (κ2) is 7.35. The van der Waals surface area contributed by atoms with Crippen LogP contribution in [0.4, 0.5) is 11.5 Å². The third-order valence-corrected chi connectivity index (χ3v) is 6.63. The largest absolute Gasteiger partial charge is 0.397 e. The summed E-state index contributed by atoms with van der Waals surface area (Å²) in [5, 5.41) is 0. The van der Waals surface area contributed by atoms with Crippen molar-refractivity contribution in [2.45, 2.75) is 69.2 Å². The van der Waals surface area contributed by atoms with E-state index in [1.165, 1.54) is 27.9 Å². The summed E-state index contributed by atoms with van der Waals surface area (Å²) in [4.78, 5) is 9.02. The number of aromatic nitrogens is 4. The fourth-order valence-corrected chi connectivity index (χ4v) is 4.31. The molecule has 0 bridgehead atoms. The van der Waals surface area contributed by atoms with Gasteiger partial charge in [-0.15, -0.1) is 0 Å². The molecule has 4 aromatic heterocycles. The minimum absolute atomic E-state index is 0.815. The van der Waals surface area contributed by atoms with E-state index in [2.05, 4.69) is 55.9 Å². The molecule has 0 saturated heterocycles. The minimum Gasteiger partial charge on any atom is -0.397 e. The molecule has 0 spiro atoms. The van der Waals surface area contributed by atoms with Crippen molar-refractivity contribution in [3.63, 3.8) is 0 Å². The highest BCUT2D eigenvalue weighted by atomic mass is 15.1. The summed E-state index contributed by atoms with van der Waals surface area (Å²) >= 11 is 0. The highest BCUT2D eigenvalue weighted by Crippen LogP contribution is 2.30. The standard InChI is InChI=1S/2C12H17N3/c1-6-8(3)14-10(5)15-9(4)7(2)11(13)12(6)15;1-6-7(2)12(13)15-10(5)14-9(4)8(3)11(6)15/h2*13H2,1-5H3. The molecule has 0 atom stereocenters. The van der Waals surface area contributed by atoms with Crippen LogP contribution in [0.15, 0.2) is 0 Å². The monoisotopic (exact) mass is 406 g/mol. The zero-order valence-electron chi connectivity index (χ0n) is 19.9. The third-order valence-electron chi connectivity index (χ3n) is 6.63. The van der Waals surface area contributed by atoms with Gasteiger partial charge in [-0.1, -0.05) is 0 Å². The lowest BCUT2D eigenvalue weighted by molar-refractivity contribution is 0.921. The third kappa shape index (κ3) is 3.02. The van der Waals surface area contributed by atoms with Gasteiger partial charge < -0.3 is 15.9 Å². The Labute approximate surface area is 178 Å². The summed E-state index contributed by atoms with van der Waals surface area (Å²) in [6.07, 6.45) is 0. The number of fused-ring (bicyclic) bond motifs is 2. The SMILES string of the molecule is Cc1nc(C)n2c(C)c(C)c(N)c2c1C.Cc1nc(C)n2c(N)c(C)c(C)c2c1C. The van der Waals surface area contributed by atoms with E-state index in [-0.39, 0.29) is 0 Å². The number of anilines is 2. The first-order chi connectivity index (χ1) is 13.9. The van der Waals surface area contributed by atoms with E-state index in [4.69, 9.17) is 11.5 Å². The molecule has 30 heavy (non-hydrogen) atoms. The van der Waals surface area contributed by atoms with Crippen molar-refractivity contribution in [2.75, 3.05) is 11.5 Å². The number of nitrogens with two attached hydrogens (primary N) is 2. The van der Waals surface area contributed by atoms with Gasteiger partial charge in [-0.25, -0.2) is 9.97 Å². The summed E-state index contributed by atoms with van der Waals surface area (Å²) < 4.78 is 4.19. The smallest absolute Gasteiger partial charge is 0.112 e. The van der Waals surface area contributed by atoms with Gasteiger partial charge in [0.2, 0.25) is 0 Å². The fraction of sp³-hybridized carbons (Fsp3) is 0.417. The molecule has 6 heteroatoms. The molecular formula is C24H34N6. The molecule has 0 unspecified atom stereocenters. The molecule has 160 valence electrons. The zero-order valence-corrected chi connectivity index (χ0v) is 19.9. The van der Waals surface area contributed by atoms with Crippen LogP contribution in [0.1, 0.15) is 56.5 Å². The Morgan fingerprint density at radius 3 is 1.53 bits per heavy atom. The van der Waals surface area contributed by atoms with E-state index >= 15 is 0 Å². The molecule has 0 aliphatic rings. The van der Waals surface area contributed by atoms with Crippen LogP contribution in [0.3, 0.4) is 0 Å². The van der Waals surface area contributed by atoms with Crippen LogP contribution in [-0.2, 0) is 0 Å².